The summed E-state index contributed by atoms with van der Waals surface area (Å²) in [5.74, 6) is 0. The Labute approximate surface area is 60.1 Å². The minimum atomic E-state index is -2.69. The lowest BCUT2D eigenvalue weighted by Crippen LogP contribution is -2.46. The zero-order chi connectivity index (χ0) is 8.58. The van der Waals surface area contributed by atoms with E-state index in [4.69, 9.17) is 0 Å². The van der Waals surface area contributed by atoms with Gasteiger partial charge in [-0.3, -0.25) is 0 Å². The van der Waals surface area contributed by atoms with Gasteiger partial charge in [-0.1, -0.05) is 20.8 Å². The molecule has 0 saturated heterocycles. The van der Waals surface area contributed by atoms with Gasteiger partial charge in [-0.25, -0.2) is 8.78 Å². The molecule has 1 nitrogen and oxygen atoms in total. The monoisotopic (exact) mass is 152 g/mol. The summed E-state index contributed by atoms with van der Waals surface area (Å²) < 4.78 is 24.1. The predicted molar refractivity (Wildman–Crippen MR) is 36.1 cm³/mol. The van der Waals surface area contributed by atoms with E-state index < -0.39 is 17.4 Å². The average molecular weight is 152 g/mol. The third kappa shape index (κ3) is 1.66. The molecule has 0 spiro atoms. The van der Waals surface area contributed by atoms with E-state index in [0.29, 0.717) is 0 Å². The van der Waals surface area contributed by atoms with Crippen LogP contribution in [0.3, 0.4) is 0 Å². The Balaban J connectivity index is 4.40. The number of halogens is 2. The predicted octanol–water partition coefficient (Wildman–Crippen LogP) is 2.05. The van der Waals surface area contributed by atoms with Crippen molar-refractivity contribution in [1.29, 1.82) is 0 Å². The normalized spacial score (nSPS) is 19.2. The first-order valence-corrected chi connectivity index (χ1v) is 3.20. The Hall–Kier alpha value is -0.180. The van der Waals surface area contributed by atoms with Crippen LogP contribution >= 0.6 is 0 Å². The van der Waals surface area contributed by atoms with E-state index in [1.165, 1.54) is 0 Å². The van der Waals surface area contributed by atoms with Gasteiger partial charge in [0.15, 0.2) is 0 Å². The van der Waals surface area contributed by atoms with E-state index in [0.717, 1.165) is 6.92 Å². The molecule has 0 radical (unpaired) electrons. The fourth-order valence-corrected chi connectivity index (χ4v) is 0.327. The molecule has 0 bridgehead atoms. The van der Waals surface area contributed by atoms with Crippen molar-refractivity contribution in [3.8, 4) is 0 Å². The van der Waals surface area contributed by atoms with E-state index in [1.807, 2.05) is 0 Å². The maximum Gasteiger partial charge on any atom is 0.267 e. The molecular weight excluding hydrogens is 138 g/mol. The Kier molecular flexibility index (Phi) is 2.41. The van der Waals surface area contributed by atoms with Crippen LogP contribution < -0.4 is 0 Å². The third-order valence-electron chi connectivity index (χ3n) is 1.94. The second kappa shape index (κ2) is 2.46. The summed E-state index contributed by atoms with van der Waals surface area (Å²) in [6.07, 6.45) is -2.69. The number of alkyl halides is 2. The summed E-state index contributed by atoms with van der Waals surface area (Å²) in [7, 11) is 0. The number of hydrogen-bond acceptors (Lipinski definition) is 1. The second-order valence-electron chi connectivity index (χ2n) is 3.70. The second-order valence-corrected chi connectivity index (χ2v) is 3.70. The Morgan fingerprint density at radius 1 is 1.10 bits per heavy atom. The van der Waals surface area contributed by atoms with Gasteiger partial charge in [0, 0.05) is 0 Å². The van der Waals surface area contributed by atoms with Crippen LogP contribution in [0.4, 0.5) is 8.78 Å². The summed E-state index contributed by atoms with van der Waals surface area (Å²) in [6.45, 7) is 5.90. The molecule has 0 aromatic rings. The van der Waals surface area contributed by atoms with Crippen molar-refractivity contribution in [2.75, 3.05) is 0 Å². The molecule has 0 aromatic carbocycles. The zero-order valence-corrected chi connectivity index (χ0v) is 6.78. The molecule has 10 heavy (non-hydrogen) atoms. The lowest BCUT2D eigenvalue weighted by atomic mass is 9.78. The molecule has 0 amide bonds. The van der Waals surface area contributed by atoms with Crippen molar-refractivity contribution in [3.05, 3.63) is 0 Å². The van der Waals surface area contributed by atoms with E-state index in [2.05, 4.69) is 0 Å². The molecule has 0 fully saturated rings. The topological polar surface area (TPSA) is 20.2 Å². The van der Waals surface area contributed by atoms with Crippen LogP contribution in [-0.2, 0) is 0 Å². The molecule has 0 aliphatic heterocycles. The van der Waals surface area contributed by atoms with Crippen LogP contribution in [0.5, 0.6) is 0 Å². The lowest BCUT2D eigenvalue weighted by Gasteiger charge is -2.35. The molecule has 1 N–H and O–H groups in total. The summed E-state index contributed by atoms with van der Waals surface area (Å²) in [5.41, 5.74) is -2.67. The molecule has 0 aromatic heterocycles. The van der Waals surface area contributed by atoms with E-state index in [1.54, 1.807) is 20.8 Å². The highest BCUT2D eigenvalue weighted by Crippen LogP contribution is 2.34. The van der Waals surface area contributed by atoms with Crippen molar-refractivity contribution < 1.29 is 13.9 Å². The molecule has 1 atom stereocenters. The Bertz CT molecular complexity index is 113. The first kappa shape index (κ1) is 9.82. The van der Waals surface area contributed by atoms with E-state index in [9.17, 15) is 13.9 Å². The summed E-state index contributed by atoms with van der Waals surface area (Å²) >= 11 is 0. The maximum absolute atomic E-state index is 12.1. The molecule has 0 saturated carbocycles. The molecule has 62 valence electrons. The lowest BCUT2D eigenvalue weighted by molar-refractivity contribution is -0.146. The SMILES string of the molecule is CC(C)(C)[C@@](C)(O)C(F)F. The Morgan fingerprint density at radius 2 is 1.40 bits per heavy atom. The van der Waals surface area contributed by atoms with Gasteiger partial charge in [-0.2, -0.15) is 0 Å². The molecule has 0 aliphatic carbocycles. The van der Waals surface area contributed by atoms with Crippen molar-refractivity contribution in [3.63, 3.8) is 0 Å². The first-order chi connectivity index (χ1) is 4.19. The van der Waals surface area contributed by atoms with Gasteiger partial charge in [0.2, 0.25) is 0 Å². The van der Waals surface area contributed by atoms with Gasteiger partial charge < -0.3 is 5.11 Å². The summed E-state index contributed by atoms with van der Waals surface area (Å²) in [4.78, 5) is 0. The quantitative estimate of drug-likeness (QED) is 0.609. The molecule has 3 heteroatoms. The van der Waals surface area contributed by atoms with Crippen LogP contribution in [-0.4, -0.2) is 17.1 Å². The largest absolute Gasteiger partial charge is 0.384 e. The summed E-state index contributed by atoms with van der Waals surface area (Å²) in [5, 5.41) is 9.18. The third-order valence-corrected chi connectivity index (χ3v) is 1.94. The van der Waals surface area contributed by atoms with Crippen molar-refractivity contribution in [1.82, 2.24) is 0 Å². The minimum absolute atomic E-state index is 0.777. The summed E-state index contributed by atoms with van der Waals surface area (Å²) in [6, 6.07) is 0. The van der Waals surface area contributed by atoms with Gasteiger partial charge in [-0.15, -0.1) is 0 Å². The molecule has 0 aliphatic rings. The van der Waals surface area contributed by atoms with Crippen molar-refractivity contribution in [2.45, 2.75) is 39.7 Å². The number of rotatable bonds is 1. The van der Waals surface area contributed by atoms with Gasteiger partial charge in [0.05, 0.1) is 0 Å². The van der Waals surface area contributed by atoms with Crippen molar-refractivity contribution >= 4 is 0 Å². The highest BCUT2D eigenvalue weighted by atomic mass is 19.3. The van der Waals surface area contributed by atoms with Crippen LogP contribution in [0.15, 0.2) is 0 Å². The zero-order valence-electron chi connectivity index (χ0n) is 6.78. The van der Waals surface area contributed by atoms with Crippen molar-refractivity contribution in [2.24, 2.45) is 5.41 Å². The van der Waals surface area contributed by atoms with Gasteiger partial charge in [-0.05, 0) is 12.3 Å². The van der Waals surface area contributed by atoms with Gasteiger partial charge in [0.25, 0.3) is 6.43 Å². The maximum atomic E-state index is 12.1. The van der Waals surface area contributed by atoms with Gasteiger partial charge >= 0.3 is 0 Å². The highest BCUT2D eigenvalue weighted by molar-refractivity contribution is 4.88. The van der Waals surface area contributed by atoms with E-state index in [-0.39, 0.29) is 0 Å². The van der Waals surface area contributed by atoms with Crippen LogP contribution in [0.2, 0.25) is 0 Å². The first-order valence-electron chi connectivity index (χ1n) is 3.20. The van der Waals surface area contributed by atoms with Crippen LogP contribution in [0, 0.1) is 5.41 Å². The standard InChI is InChI=1S/C7H14F2O/c1-6(2,3)7(4,10)5(8)9/h5,10H,1-4H3/t7-/m0/s1. The smallest absolute Gasteiger partial charge is 0.267 e. The highest BCUT2D eigenvalue weighted by Gasteiger charge is 2.43. The van der Waals surface area contributed by atoms with E-state index >= 15 is 0 Å². The fraction of sp³-hybridized carbons (Fsp3) is 1.00. The number of aliphatic hydroxyl groups is 1. The molecule has 0 heterocycles. The molecular formula is C7H14F2O. The molecule has 0 unspecified atom stereocenters. The number of hydrogen-bond donors (Lipinski definition) is 1. The van der Waals surface area contributed by atoms with Crippen LogP contribution in [0.25, 0.3) is 0 Å². The van der Waals surface area contributed by atoms with Gasteiger partial charge in [0.1, 0.15) is 5.60 Å². The van der Waals surface area contributed by atoms with Crippen LogP contribution in [0.1, 0.15) is 27.7 Å². The molecule has 0 rings (SSSR count). The minimum Gasteiger partial charge on any atom is -0.384 e. The fourth-order valence-electron chi connectivity index (χ4n) is 0.327. The Morgan fingerprint density at radius 3 is 1.40 bits per heavy atom. The average Bonchev–Trinajstić information content (AvgIpc) is 1.62.